The lowest BCUT2D eigenvalue weighted by Crippen LogP contribution is -2.01. The highest BCUT2D eigenvalue weighted by Gasteiger charge is 2.12. The molecule has 0 heterocycles. The lowest BCUT2D eigenvalue weighted by Gasteiger charge is -2.05. The number of hydrogen-bond acceptors (Lipinski definition) is 2. The van der Waals surface area contributed by atoms with Gasteiger partial charge in [-0.05, 0) is 29.8 Å². The van der Waals surface area contributed by atoms with Crippen LogP contribution >= 0.6 is 23.2 Å². The Bertz CT molecular complexity index is 776. The van der Waals surface area contributed by atoms with Crippen LogP contribution in [0.2, 0.25) is 10.0 Å². The smallest absolute Gasteiger partial charge is 0.336 e. The van der Waals surface area contributed by atoms with Crippen molar-refractivity contribution in [1.82, 2.24) is 0 Å². The van der Waals surface area contributed by atoms with E-state index in [1.807, 2.05) is 6.07 Å². The summed E-state index contributed by atoms with van der Waals surface area (Å²) in [5, 5.41) is 19.3. The summed E-state index contributed by atoms with van der Waals surface area (Å²) in [4.78, 5) is 11.2. The number of aromatic carboxylic acids is 1. The maximum atomic E-state index is 11.2. The molecule has 1 N–H and O–H groups in total. The minimum Gasteiger partial charge on any atom is -0.478 e. The molecule has 0 radical (unpaired) electrons. The van der Waals surface area contributed by atoms with Gasteiger partial charge in [-0.25, -0.2) is 4.79 Å². The molecule has 21 heavy (non-hydrogen) atoms. The number of carboxylic acid groups (broad SMARTS) is 1. The second-order valence-electron chi connectivity index (χ2n) is 4.19. The molecule has 0 aliphatic heterocycles. The Hall–Kier alpha value is -2.28. The fourth-order valence-corrected chi connectivity index (χ4v) is 2.15. The molecule has 0 aliphatic carbocycles. The van der Waals surface area contributed by atoms with Gasteiger partial charge in [0.1, 0.15) is 0 Å². The molecule has 104 valence electrons. The minimum absolute atomic E-state index is 0.0744. The normalized spacial score (nSPS) is 11.0. The molecule has 2 aromatic carbocycles. The number of benzene rings is 2. The first-order chi connectivity index (χ1) is 10.0. The third kappa shape index (κ3) is 3.43. The Morgan fingerprint density at radius 1 is 1.10 bits per heavy atom. The van der Waals surface area contributed by atoms with Crippen molar-refractivity contribution in [2.45, 2.75) is 0 Å². The van der Waals surface area contributed by atoms with Crippen molar-refractivity contribution in [3.05, 3.63) is 69.2 Å². The standard InChI is InChI=1S/C16H9Cl2NO2/c17-14-6-5-10(8-15(14)18)7-11(9-19)12-3-1-2-4-13(12)16(20)21/h1-8H,(H,20,21)/b11-7-. The topological polar surface area (TPSA) is 61.1 Å². The number of halogens is 2. The van der Waals surface area contributed by atoms with Crippen molar-refractivity contribution in [3.63, 3.8) is 0 Å². The second kappa shape index (κ2) is 6.45. The van der Waals surface area contributed by atoms with Crippen LogP contribution in [0.3, 0.4) is 0 Å². The van der Waals surface area contributed by atoms with Crippen LogP contribution in [-0.2, 0) is 0 Å². The molecule has 2 aromatic rings. The van der Waals surface area contributed by atoms with Gasteiger partial charge in [0.25, 0.3) is 0 Å². The Morgan fingerprint density at radius 3 is 2.33 bits per heavy atom. The summed E-state index contributed by atoms with van der Waals surface area (Å²) in [6.45, 7) is 0. The predicted molar refractivity (Wildman–Crippen MR) is 83.3 cm³/mol. The van der Waals surface area contributed by atoms with E-state index in [0.717, 1.165) is 0 Å². The van der Waals surface area contributed by atoms with E-state index in [-0.39, 0.29) is 11.1 Å². The van der Waals surface area contributed by atoms with E-state index in [2.05, 4.69) is 0 Å². The summed E-state index contributed by atoms with van der Waals surface area (Å²) in [7, 11) is 0. The van der Waals surface area contributed by atoms with Crippen molar-refractivity contribution in [1.29, 1.82) is 5.26 Å². The molecular weight excluding hydrogens is 309 g/mol. The van der Waals surface area contributed by atoms with Crippen LogP contribution in [0.5, 0.6) is 0 Å². The number of rotatable bonds is 3. The van der Waals surface area contributed by atoms with Gasteiger partial charge >= 0.3 is 5.97 Å². The number of carbonyl (C=O) groups is 1. The maximum Gasteiger partial charge on any atom is 0.336 e. The average Bonchev–Trinajstić information content (AvgIpc) is 2.48. The summed E-state index contributed by atoms with van der Waals surface area (Å²) in [5.74, 6) is -1.08. The van der Waals surface area contributed by atoms with E-state index in [4.69, 9.17) is 23.2 Å². The van der Waals surface area contributed by atoms with Gasteiger partial charge in [-0.2, -0.15) is 5.26 Å². The summed E-state index contributed by atoms with van der Waals surface area (Å²) < 4.78 is 0. The zero-order valence-electron chi connectivity index (χ0n) is 10.7. The molecule has 0 saturated carbocycles. The number of nitrogens with zero attached hydrogens (tertiary/aromatic N) is 1. The maximum absolute atomic E-state index is 11.2. The van der Waals surface area contributed by atoms with Crippen molar-refractivity contribution in [2.24, 2.45) is 0 Å². The lowest BCUT2D eigenvalue weighted by atomic mass is 9.98. The molecule has 0 unspecified atom stereocenters. The van der Waals surface area contributed by atoms with Crippen LogP contribution in [-0.4, -0.2) is 11.1 Å². The number of hydrogen-bond donors (Lipinski definition) is 1. The highest BCUT2D eigenvalue weighted by molar-refractivity contribution is 6.42. The van der Waals surface area contributed by atoms with E-state index >= 15 is 0 Å². The minimum atomic E-state index is -1.08. The summed E-state index contributed by atoms with van der Waals surface area (Å²) in [6, 6.07) is 13.3. The first-order valence-corrected chi connectivity index (χ1v) is 6.68. The quantitative estimate of drug-likeness (QED) is 0.656. The lowest BCUT2D eigenvalue weighted by molar-refractivity contribution is 0.0696. The molecule has 0 aromatic heterocycles. The van der Waals surface area contributed by atoms with Crippen LogP contribution in [0.4, 0.5) is 0 Å². The number of allylic oxidation sites excluding steroid dienone is 1. The van der Waals surface area contributed by atoms with Gasteiger partial charge in [0.2, 0.25) is 0 Å². The van der Waals surface area contributed by atoms with E-state index < -0.39 is 5.97 Å². The molecule has 3 nitrogen and oxygen atoms in total. The van der Waals surface area contributed by atoms with Gasteiger partial charge < -0.3 is 5.11 Å². The van der Waals surface area contributed by atoms with Crippen molar-refractivity contribution in [2.75, 3.05) is 0 Å². The molecule has 0 amide bonds. The summed E-state index contributed by atoms with van der Waals surface area (Å²) in [6.07, 6.45) is 1.57. The van der Waals surface area contributed by atoms with Gasteiger partial charge in [0.05, 0.1) is 27.3 Å². The molecule has 0 atom stereocenters. The first kappa shape index (κ1) is 15.1. The van der Waals surface area contributed by atoms with Gasteiger partial charge in [-0.3, -0.25) is 0 Å². The third-order valence-electron chi connectivity index (χ3n) is 2.82. The van der Waals surface area contributed by atoms with Crippen molar-refractivity contribution >= 4 is 40.8 Å². The number of nitriles is 1. The van der Waals surface area contributed by atoms with Crippen LogP contribution < -0.4 is 0 Å². The van der Waals surface area contributed by atoms with Gasteiger partial charge in [-0.1, -0.05) is 47.5 Å². The van der Waals surface area contributed by atoms with Gasteiger partial charge in [-0.15, -0.1) is 0 Å². The summed E-state index contributed by atoms with van der Waals surface area (Å²) >= 11 is 11.8. The zero-order valence-corrected chi connectivity index (χ0v) is 12.2. The fraction of sp³-hybridized carbons (Fsp3) is 0. The highest BCUT2D eigenvalue weighted by atomic mass is 35.5. The fourth-order valence-electron chi connectivity index (χ4n) is 1.84. The second-order valence-corrected chi connectivity index (χ2v) is 5.01. The number of carboxylic acids is 1. The zero-order chi connectivity index (χ0) is 15.4. The van der Waals surface area contributed by atoms with Crippen LogP contribution in [0.25, 0.3) is 11.6 Å². The van der Waals surface area contributed by atoms with E-state index in [1.54, 1.807) is 42.5 Å². The largest absolute Gasteiger partial charge is 0.478 e. The Kier molecular flexibility index (Phi) is 4.64. The first-order valence-electron chi connectivity index (χ1n) is 5.92. The molecule has 0 saturated heterocycles. The van der Waals surface area contributed by atoms with E-state index in [9.17, 15) is 15.2 Å². The molecule has 0 bridgehead atoms. The van der Waals surface area contributed by atoms with Crippen LogP contribution in [0, 0.1) is 11.3 Å². The Morgan fingerprint density at radius 2 is 1.76 bits per heavy atom. The molecule has 5 heteroatoms. The average molecular weight is 318 g/mol. The van der Waals surface area contributed by atoms with Crippen molar-refractivity contribution < 1.29 is 9.90 Å². The molecule has 0 fully saturated rings. The van der Waals surface area contributed by atoms with E-state index in [0.29, 0.717) is 21.2 Å². The molecule has 0 spiro atoms. The van der Waals surface area contributed by atoms with Crippen molar-refractivity contribution in [3.8, 4) is 6.07 Å². The van der Waals surface area contributed by atoms with Crippen LogP contribution in [0.1, 0.15) is 21.5 Å². The molecular formula is C16H9Cl2NO2. The van der Waals surface area contributed by atoms with E-state index in [1.165, 1.54) is 6.07 Å². The monoisotopic (exact) mass is 317 g/mol. The Labute approximate surface area is 131 Å². The predicted octanol–water partition coefficient (Wildman–Crippen LogP) is 4.76. The SMILES string of the molecule is N#C/C(=C/c1ccc(Cl)c(Cl)c1)c1ccccc1C(=O)O. The van der Waals surface area contributed by atoms with Crippen LogP contribution in [0.15, 0.2) is 42.5 Å². The Balaban J connectivity index is 2.54. The summed E-state index contributed by atoms with van der Waals surface area (Å²) in [5.41, 5.74) is 1.34. The third-order valence-corrected chi connectivity index (χ3v) is 3.56. The molecule has 2 rings (SSSR count). The van der Waals surface area contributed by atoms with Gasteiger partial charge in [0.15, 0.2) is 0 Å². The molecule has 0 aliphatic rings. The van der Waals surface area contributed by atoms with Gasteiger partial charge in [0, 0.05) is 5.56 Å². The highest BCUT2D eigenvalue weighted by Crippen LogP contribution is 2.26.